The Hall–Kier alpha value is -3.78. The van der Waals surface area contributed by atoms with Gasteiger partial charge in [-0.05, 0) is 44.9 Å². The van der Waals surface area contributed by atoms with Crippen molar-refractivity contribution in [2.45, 2.75) is 39.5 Å². The van der Waals surface area contributed by atoms with Crippen LogP contribution >= 0.6 is 0 Å². The van der Waals surface area contributed by atoms with E-state index in [0.29, 0.717) is 11.8 Å². The molecule has 0 amide bonds. The molecule has 0 atom stereocenters. The zero-order valence-corrected chi connectivity index (χ0v) is 20.4. The van der Waals surface area contributed by atoms with E-state index in [1.165, 1.54) is 22.3 Å². The predicted octanol–water partition coefficient (Wildman–Crippen LogP) is 8.74. The molecule has 0 spiro atoms. The van der Waals surface area contributed by atoms with Crippen molar-refractivity contribution in [3.63, 3.8) is 0 Å². The van der Waals surface area contributed by atoms with Gasteiger partial charge in [0.25, 0.3) is 0 Å². The molecule has 0 heterocycles. The van der Waals surface area contributed by atoms with Crippen LogP contribution in [0.1, 0.15) is 50.7 Å². The van der Waals surface area contributed by atoms with Crippen LogP contribution < -0.4 is 11.5 Å². The Balaban J connectivity index is 1.94. The van der Waals surface area contributed by atoms with Gasteiger partial charge in [0.1, 0.15) is 0 Å². The zero-order chi connectivity index (χ0) is 24.0. The van der Waals surface area contributed by atoms with Gasteiger partial charge >= 0.3 is 0 Å². The molecule has 2 nitrogen and oxygen atoms in total. The first-order chi connectivity index (χ1) is 16.4. The summed E-state index contributed by atoms with van der Waals surface area (Å²) < 4.78 is 0. The summed E-state index contributed by atoms with van der Waals surface area (Å²) >= 11 is 0. The van der Waals surface area contributed by atoms with Crippen molar-refractivity contribution in [2.75, 3.05) is 11.5 Å². The highest BCUT2D eigenvalue weighted by atomic mass is 14.6. The van der Waals surface area contributed by atoms with Crippen molar-refractivity contribution in [1.82, 2.24) is 0 Å². The lowest BCUT2D eigenvalue weighted by Gasteiger charge is -2.25. The highest BCUT2D eigenvalue weighted by Crippen LogP contribution is 2.48. The van der Waals surface area contributed by atoms with Crippen LogP contribution in [0.15, 0.2) is 84.9 Å². The van der Waals surface area contributed by atoms with Gasteiger partial charge in [-0.3, -0.25) is 0 Å². The van der Waals surface area contributed by atoms with Crippen LogP contribution in [0.25, 0.3) is 43.8 Å². The van der Waals surface area contributed by atoms with Gasteiger partial charge in [0, 0.05) is 33.3 Å². The summed E-state index contributed by atoms with van der Waals surface area (Å²) in [4.78, 5) is 0. The van der Waals surface area contributed by atoms with E-state index in [2.05, 4.69) is 113 Å². The van der Waals surface area contributed by atoms with Gasteiger partial charge in [0.15, 0.2) is 0 Å². The summed E-state index contributed by atoms with van der Waals surface area (Å²) in [5.74, 6) is 0.671. The number of hydrogen-bond acceptors (Lipinski definition) is 2. The fourth-order valence-corrected chi connectivity index (χ4v) is 5.20. The van der Waals surface area contributed by atoms with E-state index in [1.807, 2.05) is 0 Å². The maximum Gasteiger partial charge on any atom is 0.0473 e. The fourth-order valence-electron chi connectivity index (χ4n) is 5.20. The average molecular weight is 445 g/mol. The number of fused-ring (bicyclic) bond motifs is 2. The second kappa shape index (κ2) is 8.53. The third-order valence-electron chi connectivity index (χ3n) is 6.99. The third kappa shape index (κ3) is 3.51. The molecule has 0 unspecified atom stereocenters. The van der Waals surface area contributed by atoms with Crippen LogP contribution in [0.4, 0.5) is 11.4 Å². The minimum Gasteiger partial charge on any atom is -0.398 e. The molecule has 5 aromatic rings. The standard InChI is InChI=1S/C32H32N2/c1-19(2)23-17-18-24(20(3)4)30(28-16-14-22-10-6-8-12-26(22)32(28)34)29(23)27-15-13-21-9-5-7-11-25(21)31(27)33/h5-20H,33-34H2,1-4H3. The van der Waals surface area contributed by atoms with Gasteiger partial charge in [0.05, 0.1) is 0 Å². The molecule has 0 bridgehead atoms. The maximum atomic E-state index is 6.89. The highest BCUT2D eigenvalue weighted by Gasteiger charge is 2.23. The molecule has 5 rings (SSSR count). The molecule has 0 radical (unpaired) electrons. The van der Waals surface area contributed by atoms with E-state index < -0.39 is 0 Å². The van der Waals surface area contributed by atoms with Crippen molar-refractivity contribution in [3.8, 4) is 22.3 Å². The van der Waals surface area contributed by atoms with Crippen molar-refractivity contribution in [1.29, 1.82) is 0 Å². The monoisotopic (exact) mass is 444 g/mol. The van der Waals surface area contributed by atoms with E-state index in [9.17, 15) is 0 Å². The van der Waals surface area contributed by atoms with Crippen molar-refractivity contribution < 1.29 is 0 Å². The molecule has 5 aromatic carbocycles. The zero-order valence-electron chi connectivity index (χ0n) is 20.4. The van der Waals surface area contributed by atoms with Crippen LogP contribution in [-0.2, 0) is 0 Å². The minimum atomic E-state index is 0.336. The first-order valence-corrected chi connectivity index (χ1v) is 12.1. The van der Waals surface area contributed by atoms with Crippen molar-refractivity contribution >= 4 is 32.9 Å². The lowest BCUT2D eigenvalue weighted by atomic mass is 9.79. The van der Waals surface area contributed by atoms with Crippen molar-refractivity contribution in [2.24, 2.45) is 0 Å². The Bertz CT molecular complexity index is 1410. The Kier molecular flexibility index (Phi) is 5.53. The van der Waals surface area contributed by atoms with Gasteiger partial charge in [0.2, 0.25) is 0 Å². The molecule has 0 aliphatic carbocycles. The molecular weight excluding hydrogens is 412 g/mol. The number of nitrogen functional groups attached to an aromatic ring is 2. The lowest BCUT2D eigenvalue weighted by molar-refractivity contribution is 0.849. The maximum absolute atomic E-state index is 6.89. The molecule has 2 heteroatoms. The summed E-state index contributed by atoms with van der Waals surface area (Å²) in [6.45, 7) is 8.99. The summed E-state index contributed by atoms with van der Waals surface area (Å²) in [5.41, 5.74) is 22.5. The molecule has 34 heavy (non-hydrogen) atoms. The third-order valence-corrected chi connectivity index (χ3v) is 6.99. The molecule has 4 N–H and O–H groups in total. The van der Waals surface area contributed by atoms with Crippen LogP contribution in [0.2, 0.25) is 0 Å². The van der Waals surface area contributed by atoms with E-state index in [4.69, 9.17) is 11.5 Å². The van der Waals surface area contributed by atoms with Gasteiger partial charge in [-0.1, -0.05) is 113 Å². The van der Waals surface area contributed by atoms with Gasteiger partial charge < -0.3 is 11.5 Å². The second-order valence-corrected chi connectivity index (χ2v) is 9.80. The Morgan fingerprint density at radius 3 is 1.24 bits per heavy atom. The topological polar surface area (TPSA) is 52.0 Å². The van der Waals surface area contributed by atoms with Gasteiger partial charge in [-0.25, -0.2) is 0 Å². The number of nitrogens with two attached hydrogens (primary N) is 2. The summed E-state index contributed by atoms with van der Waals surface area (Å²) in [5, 5.41) is 4.48. The fraction of sp³-hybridized carbons (Fsp3) is 0.188. The van der Waals surface area contributed by atoms with Gasteiger partial charge in [-0.2, -0.15) is 0 Å². The van der Waals surface area contributed by atoms with Gasteiger partial charge in [-0.15, -0.1) is 0 Å². The van der Waals surface area contributed by atoms with Crippen molar-refractivity contribution in [3.05, 3.63) is 96.1 Å². The number of rotatable bonds is 4. The number of anilines is 2. The molecule has 0 fully saturated rings. The first kappa shape index (κ1) is 22.0. The summed E-state index contributed by atoms with van der Waals surface area (Å²) in [6, 6.07) is 30.0. The second-order valence-electron chi connectivity index (χ2n) is 9.80. The summed E-state index contributed by atoms with van der Waals surface area (Å²) in [6.07, 6.45) is 0. The SMILES string of the molecule is CC(C)c1ccc(C(C)C)c(-c2ccc3ccccc3c2N)c1-c1ccc2ccccc2c1N. The van der Waals surface area contributed by atoms with E-state index >= 15 is 0 Å². The molecule has 0 aromatic heterocycles. The molecule has 0 aliphatic heterocycles. The normalized spacial score (nSPS) is 11.7. The van der Waals surface area contributed by atoms with E-state index in [-0.39, 0.29) is 0 Å². The number of benzene rings is 5. The van der Waals surface area contributed by atoms with Crippen LogP contribution in [0.3, 0.4) is 0 Å². The van der Waals surface area contributed by atoms with E-state index in [1.54, 1.807) is 0 Å². The average Bonchev–Trinajstić information content (AvgIpc) is 2.84. The molecule has 0 aliphatic rings. The predicted molar refractivity (Wildman–Crippen MR) is 149 cm³/mol. The van der Waals surface area contributed by atoms with Crippen LogP contribution in [0, 0.1) is 0 Å². The quantitative estimate of drug-likeness (QED) is 0.272. The molecule has 0 saturated carbocycles. The van der Waals surface area contributed by atoms with Crippen LogP contribution in [-0.4, -0.2) is 0 Å². The summed E-state index contributed by atoms with van der Waals surface area (Å²) in [7, 11) is 0. The van der Waals surface area contributed by atoms with Crippen LogP contribution in [0.5, 0.6) is 0 Å². The molecule has 0 saturated heterocycles. The Labute approximate surface area is 202 Å². The highest BCUT2D eigenvalue weighted by molar-refractivity contribution is 6.07. The molecular formula is C32H32N2. The first-order valence-electron chi connectivity index (χ1n) is 12.1. The Morgan fingerprint density at radius 1 is 0.471 bits per heavy atom. The lowest BCUT2D eigenvalue weighted by Crippen LogP contribution is -2.05. The largest absolute Gasteiger partial charge is 0.398 e. The Morgan fingerprint density at radius 2 is 0.853 bits per heavy atom. The smallest absolute Gasteiger partial charge is 0.0473 e. The molecule has 170 valence electrons. The number of hydrogen-bond donors (Lipinski definition) is 2. The van der Waals surface area contributed by atoms with E-state index in [0.717, 1.165) is 44.0 Å². The minimum absolute atomic E-state index is 0.336.